The molecule has 8 heteroatoms. The SMILES string of the molecule is CCOC(=O)Cn1c(=NC(=O)c2cc(Cl)cc(Cl)c2)sc2ccccc21. The summed E-state index contributed by atoms with van der Waals surface area (Å²) < 4.78 is 7.60. The van der Waals surface area contributed by atoms with Gasteiger partial charge in [0, 0.05) is 15.6 Å². The van der Waals surface area contributed by atoms with Gasteiger partial charge in [-0.3, -0.25) is 9.59 Å². The van der Waals surface area contributed by atoms with Crippen LogP contribution in [0.25, 0.3) is 10.2 Å². The monoisotopic (exact) mass is 408 g/mol. The Morgan fingerprint density at radius 3 is 2.54 bits per heavy atom. The maximum absolute atomic E-state index is 12.6. The van der Waals surface area contributed by atoms with Gasteiger partial charge >= 0.3 is 5.97 Å². The zero-order chi connectivity index (χ0) is 18.7. The predicted molar refractivity (Wildman–Crippen MR) is 103 cm³/mol. The number of thiazole rings is 1. The van der Waals surface area contributed by atoms with Crippen LogP contribution in [0.15, 0.2) is 47.5 Å². The van der Waals surface area contributed by atoms with Crippen molar-refractivity contribution in [2.75, 3.05) is 6.61 Å². The summed E-state index contributed by atoms with van der Waals surface area (Å²) in [5.74, 6) is -0.880. The lowest BCUT2D eigenvalue weighted by molar-refractivity contribution is -0.143. The van der Waals surface area contributed by atoms with Crippen LogP contribution in [0.2, 0.25) is 10.0 Å². The molecule has 3 rings (SSSR count). The van der Waals surface area contributed by atoms with Crippen LogP contribution in [-0.4, -0.2) is 23.1 Å². The number of ether oxygens (including phenoxy) is 1. The highest BCUT2D eigenvalue weighted by Crippen LogP contribution is 2.20. The molecule has 0 saturated heterocycles. The lowest BCUT2D eigenvalue weighted by Gasteiger charge is -2.05. The molecule has 0 spiro atoms. The van der Waals surface area contributed by atoms with Crippen molar-refractivity contribution in [1.82, 2.24) is 4.57 Å². The van der Waals surface area contributed by atoms with Gasteiger partial charge in [0.25, 0.3) is 5.91 Å². The highest BCUT2D eigenvalue weighted by Gasteiger charge is 2.13. The van der Waals surface area contributed by atoms with E-state index >= 15 is 0 Å². The van der Waals surface area contributed by atoms with E-state index in [1.807, 2.05) is 24.3 Å². The maximum Gasteiger partial charge on any atom is 0.326 e. The molecule has 2 aromatic carbocycles. The van der Waals surface area contributed by atoms with Gasteiger partial charge in [-0.25, -0.2) is 0 Å². The van der Waals surface area contributed by atoms with Crippen LogP contribution < -0.4 is 4.80 Å². The summed E-state index contributed by atoms with van der Waals surface area (Å²) in [5, 5.41) is 0.707. The van der Waals surface area contributed by atoms with E-state index in [1.165, 1.54) is 23.5 Å². The highest BCUT2D eigenvalue weighted by atomic mass is 35.5. The number of benzene rings is 2. The number of para-hydroxylation sites is 1. The Morgan fingerprint density at radius 2 is 1.85 bits per heavy atom. The number of hydrogen-bond acceptors (Lipinski definition) is 4. The normalized spacial score (nSPS) is 11.7. The number of aromatic nitrogens is 1. The standard InChI is InChI=1S/C18H14Cl2N2O3S/c1-2-25-16(23)10-22-14-5-3-4-6-15(14)26-18(22)21-17(24)11-7-12(19)9-13(20)8-11/h3-9H,2,10H2,1H3. The van der Waals surface area contributed by atoms with Crippen molar-refractivity contribution in [3.05, 3.63) is 62.9 Å². The van der Waals surface area contributed by atoms with Gasteiger partial charge in [0.1, 0.15) is 6.54 Å². The topological polar surface area (TPSA) is 60.7 Å². The van der Waals surface area contributed by atoms with Crippen LogP contribution in [0, 0.1) is 0 Å². The number of rotatable bonds is 4. The number of nitrogens with zero attached hydrogens (tertiary/aromatic N) is 2. The zero-order valence-electron chi connectivity index (χ0n) is 13.7. The van der Waals surface area contributed by atoms with Crippen LogP contribution in [0.4, 0.5) is 0 Å². The lowest BCUT2D eigenvalue weighted by atomic mass is 10.2. The summed E-state index contributed by atoms with van der Waals surface area (Å²) in [4.78, 5) is 29.1. The van der Waals surface area contributed by atoms with E-state index in [9.17, 15) is 9.59 Å². The van der Waals surface area contributed by atoms with Crippen molar-refractivity contribution < 1.29 is 14.3 Å². The van der Waals surface area contributed by atoms with E-state index in [2.05, 4.69) is 4.99 Å². The molecular formula is C18H14Cl2N2O3S. The van der Waals surface area contributed by atoms with Crippen molar-refractivity contribution in [1.29, 1.82) is 0 Å². The number of carbonyl (C=O) groups excluding carboxylic acids is 2. The maximum atomic E-state index is 12.6. The molecule has 5 nitrogen and oxygen atoms in total. The molecule has 0 atom stereocenters. The van der Waals surface area contributed by atoms with Crippen molar-refractivity contribution in [2.45, 2.75) is 13.5 Å². The third kappa shape index (κ3) is 4.15. The highest BCUT2D eigenvalue weighted by molar-refractivity contribution is 7.16. The van der Waals surface area contributed by atoms with Crippen molar-refractivity contribution in [3.8, 4) is 0 Å². The molecule has 0 radical (unpaired) electrons. The van der Waals surface area contributed by atoms with Crippen molar-refractivity contribution in [2.24, 2.45) is 4.99 Å². The molecule has 0 unspecified atom stereocenters. The number of amides is 1. The van der Waals surface area contributed by atoms with Gasteiger partial charge in [-0.05, 0) is 37.3 Å². The summed E-state index contributed by atoms with van der Waals surface area (Å²) >= 11 is 13.2. The lowest BCUT2D eigenvalue weighted by Crippen LogP contribution is -2.23. The second-order valence-corrected chi connectivity index (χ2v) is 7.20. The number of carbonyl (C=O) groups is 2. The minimum atomic E-state index is -0.487. The van der Waals surface area contributed by atoms with E-state index < -0.39 is 11.9 Å². The summed E-state index contributed by atoms with van der Waals surface area (Å²) in [5.41, 5.74) is 1.09. The summed E-state index contributed by atoms with van der Waals surface area (Å²) in [6.07, 6.45) is 0. The molecule has 0 aliphatic rings. The van der Waals surface area contributed by atoms with Gasteiger partial charge in [-0.1, -0.05) is 46.7 Å². The molecule has 0 N–H and O–H groups in total. The van der Waals surface area contributed by atoms with Gasteiger partial charge in [0.05, 0.1) is 16.8 Å². The van der Waals surface area contributed by atoms with Crippen LogP contribution in [0.3, 0.4) is 0 Å². The largest absolute Gasteiger partial charge is 0.465 e. The van der Waals surface area contributed by atoms with Crippen LogP contribution in [0.5, 0.6) is 0 Å². The predicted octanol–water partition coefficient (Wildman–Crippen LogP) is 4.31. The first-order valence-electron chi connectivity index (χ1n) is 7.77. The van der Waals surface area contributed by atoms with Gasteiger partial charge < -0.3 is 9.30 Å². The molecule has 0 fully saturated rings. The van der Waals surface area contributed by atoms with Crippen molar-refractivity contribution in [3.63, 3.8) is 0 Å². The van der Waals surface area contributed by atoms with Crippen LogP contribution >= 0.6 is 34.5 Å². The Bertz CT molecular complexity index is 1040. The van der Waals surface area contributed by atoms with E-state index in [0.717, 1.165) is 10.2 Å². The number of halogens is 2. The Morgan fingerprint density at radius 1 is 1.15 bits per heavy atom. The Balaban J connectivity index is 2.09. The van der Waals surface area contributed by atoms with E-state index in [0.29, 0.717) is 14.8 Å². The smallest absolute Gasteiger partial charge is 0.326 e. The van der Waals surface area contributed by atoms with Gasteiger partial charge in [0.2, 0.25) is 0 Å². The van der Waals surface area contributed by atoms with E-state index in [-0.39, 0.29) is 18.7 Å². The van der Waals surface area contributed by atoms with Gasteiger partial charge in [-0.15, -0.1) is 0 Å². The Hall–Kier alpha value is -2.15. The first kappa shape index (κ1) is 18.6. The van der Waals surface area contributed by atoms with Crippen LogP contribution in [0.1, 0.15) is 17.3 Å². The molecule has 0 aliphatic heterocycles. The molecule has 26 heavy (non-hydrogen) atoms. The number of fused-ring (bicyclic) bond motifs is 1. The summed E-state index contributed by atoms with van der Waals surface area (Å²) in [7, 11) is 0. The third-order valence-corrected chi connectivity index (χ3v) is 4.98. The molecule has 134 valence electrons. The molecule has 1 amide bonds. The molecule has 1 aromatic heterocycles. The fraction of sp³-hybridized carbons (Fsp3) is 0.167. The molecule has 0 saturated carbocycles. The number of esters is 1. The van der Waals surface area contributed by atoms with Crippen LogP contribution in [-0.2, 0) is 16.1 Å². The molecule has 3 aromatic rings. The van der Waals surface area contributed by atoms with Gasteiger partial charge in [0.15, 0.2) is 4.80 Å². The summed E-state index contributed by atoms with van der Waals surface area (Å²) in [6, 6.07) is 12.1. The number of hydrogen-bond donors (Lipinski definition) is 0. The Kier molecular flexibility index (Phi) is 5.76. The molecular weight excluding hydrogens is 395 g/mol. The fourth-order valence-electron chi connectivity index (χ4n) is 2.42. The second kappa shape index (κ2) is 8.03. The summed E-state index contributed by atoms with van der Waals surface area (Å²) in [6.45, 7) is 2.00. The molecule has 1 heterocycles. The average Bonchev–Trinajstić information content (AvgIpc) is 2.91. The third-order valence-electron chi connectivity index (χ3n) is 3.49. The van der Waals surface area contributed by atoms with E-state index in [1.54, 1.807) is 17.6 Å². The fourth-order valence-corrected chi connectivity index (χ4v) is 3.98. The van der Waals surface area contributed by atoms with Gasteiger partial charge in [-0.2, -0.15) is 4.99 Å². The second-order valence-electron chi connectivity index (χ2n) is 5.32. The minimum absolute atomic E-state index is 0.0275. The zero-order valence-corrected chi connectivity index (χ0v) is 16.1. The van der Waals surface area contributed by atoms with E-state index in [4.69, 9.17) is 27.9 Å². The van der Waals surface area contributed by atoms with Crippen molar-refractivity contribution >= 4 is 56.6 Å². The first-order chi connectivity index (χ1) is 12.5. The minimum Gasteiger partial charge on any atom is -0.465 e. The first-order valence-corrected chi connectivity index (χ1v) is 9.34. The average molecular weight is 409 g/mol. The molecule has 0 bridgehead atoms. The quantitative estimate of drug-likeness (QED) is 0.604. The molecule has 0 aliphatic carbocycles. The Labute approximate surface area is 163 Å².